The molecule has 0 spiro atoms. The molecule has 1 N–H and O–H groups in total. The van der Waals surface area contributed by atoms with E-state index in [2.05, 4.69) is 5.32 Å². The summed E-state index contributed by atoms with van der Waals surface area (Å²) >= 11 is 6.05. The molecule has 0 heterocycles. The number of amides is 1. The van der Waals surface area contributed by atoms with E-state index in [1.807, 2.05) is 49.4 Å². The van der Waals surface area contributed by atoms with E-state index >= 15 is 0 Å². The Kier molecular flexibility index (Phi) is 4.37. The Morgan fingerprint density at radius 3 is 2.53 bits per heavy atom. The maximum atomic E-state index is 11.8. The highest BCUT2D eigenvalue weighted by Crippen LogP contribution is 2.25. The third-order valence-electron chi connectivity index (χ3n) is 2.70. The van der Waals surface area contributed by atoms with Gasteiger partial charge in [0.25, 0.3) is 0 Å². The summed E-state index contributed by atoms with van der Waals surface area (Å²) in [6.45, 7) is 1.91. The molecule has 96 valence electrons. The van der Waals surface area contributed by atoms with Crippen LogP contribution in [0, 0.1) is 6.92 Å². The average Bonchev–Trinajstić information content (AvgIpc) is 2.42. The molecular weight excluding hydrogens is 258 g/mol. The Balaban J connectivity index is 2.08. The summed E-state index contributed by atoms with van der Waals surface area (Å²) in [5, 5.41) is 3.33. The molecule has 0 saturated carbocycles. The first-order chi connectivity index (χ1) is 9.16. The fraction of sp³-hybridized carbons (Fsp3) is 0.0625. The van der Waals surface area contributed by atoms with Crippen LogP contribution in [0.4, 0.5) is 5.69 Å². The SMILES string of the molecule is Cc1cccc(Cl)c1NC(=O)/C=C\c1ccccc1. The van der Waals surface area contributed by atoms with Crippen molar-refractivity contribution < 1.29 is 4.79 Å². The molecule has 0 aliphatic carbocycles. The Hall–Kier alpha value is -2.06. The number of nitrogens with one attached hydrogen (secondary N) is 1. The summed E-state index contributed by atoms with van der Waals surface area (Å²) in [4.78, 5) is 11.8. The second-order valence-corrected chi connectivity index (χ2v) is 4.57. The zero-order valence-corrected chi connectivity index (χ0v) is 11.3. The lowest BCUT2D eigenvalue weighted by atomic mass is 10.2. The van der Waals surface area contributed by atoms with Crippen LogP contribution < -0.4 is 5.32 Å². The number of benzene rings is 2. The van der Waals surface area contributed by atoms with Gasteiger partial charge in [-0.1, -0.05) is 54.1 Å². The van der Waals surface area contributed by atoms with E-state index in [1.54, 1.807) is 12.1 Å². The van der Waals surface area contributed by atoms with Gasteiger partial charge in [-0.05, 0) is 30.2 Å². The van der Waals surface area contributed by atoms with Crippen LogP contribution in [0.3, 0.4) is 0 Å². The van der Waals surface area contributed by atoms with E-state index in [1.165, 1.54) is 6.08 Å². The van der Waals surface area contributed by atoms with E-state index in [9.17, 15) is 4.79 Å². The van der Waals surface area contributed by atoms with Crippen molar-refractivity contribution in [1.82, 2.24) is 0 Å². The third kappa shape index (κ3) is 3.70. The maximum Gasteiger partial charge on any atom is 0.248 e. The first-order valence-corrected chi connectivity index (χ1v) is 6.34. The van der Waals surface area contributed by atoms with Crippen LogP contribution in [-0.4, -0.2) is 5.91 Å². The van der Waals surface area contributed by atoms with Gasteiger partial charge in [-0.3, -0.25) is 4.79 Å². The van der Waals surface area contributed by atoms with Gasteiger partial charge in [0.05, 0.1) is 10.7 Å². The lowest BCUT2D eigenvalue weighted by Gasteiger charge is -2.08. The Labute approximate surface area is 117 Å². The largest absolute Gasteiger partial charge is 0.321 e. The minimum atomic E-state index is -0.194. The van der Waals surface area contributed by atoms with E-state index in [0.717, 1.165) is 11.1 Å². The molecule has 0 saturated heterocycles. The standard InChI is InChI=1S/C16H14ClNO/c1-12-6-5-9-14(17)16(12)18-15(19)11-10-13-7-3-2-4-8-13/h2-11H,1H3,(H,18,19)/b11-10-. The van der Waals surface area contributed by atoms with Crippen molar-refractivity contribution >= 4 is 29.3 Å². The van der Waals surface area contributed by atoms with Gasteiger partial charge < -0.3 is 5.32 Å². The molecular formula is C16H14ClNO. The predicted molar refractivity (Wildman–Crippen MR) is 80.3 cm³/mol. The molecule has 2 rings (SSSR count). The van der Waals surface area contributed by atoms with Crippen molar-refractivity contribution in [2.45, 2.75) is 6.92 Å². The van der Waals surface area contributed by atoms with Crippen molar-refractivity contribution in [2.24, 2.45) is 0 Å². The van der Waals surface area contributed by atoms with Crippen molar-refractivity contribution in [2.75, 3.05) is 5.32 Å². The fourth-order valence-electron chi connectivity index (χ4n) is 1.69. The molecule has 19 heavy (non-hydrogen) atoms. The predicted octanol–water partition coefficient (Wildman–Crippen LogP) is 4.30. The average molecular weight is 272 g/mol. The van der Waals surface area contributed by atoms with E-state index in [-0.39, 0.29) is 5.91 Å². The molecule has 2 nitrogen and oxygen atoms in total. The van der Waals surface area contributed by atoms with Gasteiger partial charge in [0, 0.05) is 6.08 Å². The normalized spacial score (nSPS) is 10.6. The van der Waals surface area contributed by atoms with Gasteiger partial charge in [0.15, 0.2) is 0 Å². The topological polar surface area (TPSA) is 29.1 Å². The van der Waals surface area contributed by atoms with Crippen molar-refractivity contribution in [3.05, 3.63) is 70.8 Å². The quantitative estimate of drug-likeness (QED) is 0.829. The summed E-state index contributed by atoms with van der Waals surface area (Å²) in [5.41, 5.74) is 2.58. The lowest BCUT2D eigenvalue weighted by Crippen LogP contribution is -2.09. The summed E-state index contributed by atoms with van der Waals surface area (Å²) in [7, 11) is 0. The molecule has 2 aromatic carbocycles. The second kappa shape index (κ2) is 6.21. The Morgan fingerprint density at radius 1 is 1.11 bits per heavy atom. The monoisotopic (exact) mass is 271 g/mol. The molecule has 3 heteroatoms. The molecule has 0 aliphatic heterocycles. The maximum absolute atomic E-state index is 11.8. The number of carbonyl (C=O) groups is 1. The van der Waals surface area contributed by atoms with E-state index < -0.39 is 0 Å². The van der Waals surface area contributed by atoms with Gasteiger partial charge in [-0.25, -0.2) is 0 Å². The summed E-state index contributed by atoms with van der Waals surface area (Å²) in [6.07, 6.45) is 3.26. The summed E-state index contributed by atoms with van der Waals surface area (Å²) in [6, 6.07) is 15.2. The number of para-hydroxylation sites is 1. The molecule has 2 aromatic rings. The molecule has 0 aliphatic rings. The first kappa shape index (κ1) is 13.4. The van der Waals surface area contributed by atoms with Crippen molar-refractivity contribution in [1.29, 1.82) is 0 Å². The second-order valence-electron chi connectivity index (χ2n) is 4.17. The van der Waals surface area contributed by atoms with Gasteiger partial charge in [0.2, 0.25) is 5.91 Å². The number of halogens is 1. The van der Waals surface area contributed by atoms with Crippen LogP contribution in [0.1, 0.15) is 11.1 Å². The summed E-state index contributed by atoms with van der Waals surface area (Å²) in [5.74, 6) is -0.194. The zero-order chi connectivity index (χ0) is 13.7. The van der Waals surface area contributed by atoms with Crippen LogP contribution >= 0.6 is 11.6 Å². The van der Waals surface area contributed by atoms with Gasteiger partial charge >= 0.3 is 0 Å². The molecule has 0 fully saturated rings. The van der Waals surface area contributed by atoms with Crippen molar-refractivity contribution in [3.8, 4) is 0 Å². The van der Waals surface area contributed by atoms with Crippen LogP contribution in [0.15, 0.2) is 54.6 Å². The fourth-order valence-corrected chi connectivity index (χ4v) is 1.96. The highest BCUT2D eigenvalue weighted by atomic mass is 35.5. The Bertz CT molecular complexity index is 585. The molecule has 0 bridgehead atoms. The van der Waals surface area contributed by atoms with Crippen molar-refractivity contribution in [3.63, 3.8) is 0 Å². The van der Waals surface area contributed by atoms with Crippen LogP contribution in [-0.2, 0) is 4.79 Å². The minimum Gasteiger partial charge on any atom is -0.321 e. The minimum absolute atomic E-state index is 0.194. The number of carbonyl (C=O) groups excluding carboxylic acids is 1. The number of hydrogen-bond acceptors (Lipinski definition) is 1. The highest BCUT2D eigenvalue weighted by molar-refractivity contribution is 6.34. The highest BCUT2D eigenvalue weighted by Gasteiger charge is 2.05. The third-order valence-corrected chi connectivity index (χ3v) is 3.01. The lowest BCUT2D eigenvalue weighted by molar-refractivity contribution is -0.111. The molecule has 0 unspecified atom stereocenters. The Morgan fingerprint density at radius 2 is 1.84 bits per heavy atom. The van der Waals surface area contributed by atoms with Crippen LogP contribution in [0.2, 0.25) is 5.02 Å². The molecule has 0 atom stereocenters. The molecule has 1 amide bonds. The van der Waals surface area contributed by atoms with Crippen LogP contribution in [0.5, 0.6) is 0 Å². The van der Waals surface area contributed by atoms with Gasteiger partial charge in [-0.2, -0.15) is 0 Å². The van der Waals surface area contributed by atoms with Gasteiger partial charge in [-0.15, -0.1) is 0 Å². The zero-order valence-electron chi connectivity index (χ0n) is 10.6. The van der Waals surface area contributed by atoms with Crippen LogP contribution in [0.25, 0.3) is 6.08 Å². The van der Waals surface area contributed by atoms with E-state index in [0.29, 0.717) is 10.7 Å². The van der Waals surface area contributed by atoms with Gasteiger partial charge in [0.1, 0.15) is 0 Å². The molecule has 0 aromatic heterocycles. The van der Waals surface area contributed by atoms with E-state index in [4.69, 9.17) is 11.6 Å². The summed E-state index contributed by atoms with van der Waals surface area (Å²) < 4.78 is 0. The number of rotatable bonds is 3. The number of aryl methyl sites for hydroxylation is 1. The first-order valence-electron chi connectivity index (χ1n) is 5.96. The molecule has 0 radical (unpaired) electrons. The number of hydrogen-bond donors (Lipinski definition) is 1. The smallest absolute Gasteiger partial charge is 0.248 e. The number of anilines is 1.